The van der Waals surface area contributed by atoms with Gasteiger partial charge in [0.25, 0.3) is 0 Å². The monoisotopic (exact) mass is 699 g/mol. The number of methoxy groups -OCH3 is 1. The van der Waals surface area contributed by atoms with Gasteiger partial charge >= 0.3 is 12.2 Å². The fourth-order valence-corrected chi connectivity index (χ4v) is 6.17. The maximum absolute atomic E-state index is 14.1. The molecule has 0 bridgehead atoms. The number of fused-ring (bicyclic) bond motifs is 1. The van der Waals surface area contributed by atoms with E-state index in [9.17, 15) is 14.7 Å². The molecule has 13 heteroatoms. The molecule has 1 saturated carbocycles. The lowest BCUT2D eigenvalue weighted by Gasteiger charge is -2.36. The van der Waals surface area contributed by atoms with Crippen molar-refractivity contribution in [3.05, 3.63) is 66.0 Å². The van der Waals surface area contributed by atoms with Crippen LogP contribution in [-0.2, 0) is 16.0 Å². The molecule has 13 nitrogen and oxygen atoms in total. The van der Waals surface area contributed by atoms with Crippen LogP contribution in [0.4, 0.5) is 21.2 Å². The van der Waals surface area contributed by atoms with Gasteiger partial charge in [-0.25, -0.2) is 14.6 Å². The standard InChI is InChI=1S/C38H49N7O6/c1-37(2,3)50-35(47)43-17-15-26(30(46)23-43)20-40-32-19-33(45-34(42-32)28(21-41-45)24-11-12-24)44(36(48)51-38(4,5)6)22-27-14-13-25(18-31(27)49-7)29-10-8-9-16-39-29/h8-10,13-14,16,18-19,21,24,26,30,46H,11-12,15,17,20,22-23H2,1-7H3,(H,40,42)/t26-,30+/m1/s1. The quantitative estimate of drug-likeness (QED) is 0.195. The molecule has 4 aromatic rings. The van der Waals surface area contributed by atoms with E-state index in [2.05, 4.69) is 10.3 Å². The number of piperidine rings is 1. The van der Waals surface area contributed by atoms with Crippen LogP contribution >= 0.6 is 0 Å². The molecule has 0 unspecified atom stereocenters. The van der Waals surface area contributed by atoms with E-state index >= 15 is 0 Å². The SMILES string of the molecule is COc1cc(-c2ccccn2)ccc1CN(C(=O)OC(C)(C)C)c1cc(NC[C@H]2CCN(C(=O)OC(C)(C)C)C[C@@H]2O)nc2c(C3CC3)cnn12. The van der Waals surface area contributed by atoms with Crippen molar-refractivity contribution in [3.8, 4) is 17.0 Å². The molecule has 1 saturated heterocycles. The predicted octanol–water partition coefficient (Wildman–Crippen LogP) is 6.65. The first kappa shape index (κ1) is 35.9. The fraction of sp³-hybridized carbons (Fsp3) is 0.500. The lowest BCUT2D eigenvalue weighted by atomic mass is 9.94. The van der Waals surface area contributed by atoms with Crippen LogP contribution in [0, 0.1) is 5.92 Å². The van der Waals surface area contributed by atoms with Gasteiger partial charge in [0.1, 0.15) is 28.6 Å². The molecule has 4 heterocycles. The van der Waals surface area contributed by atoms with Gasteiger partial charge in [-0.1, -0.05) is 18.2 Å². The summed E-state index contributed by atoms with van der Waals surface area (Å²) < 4.78 is 19.0. The number of carbonyl (C=O) groups excluding carboxylic acids is 2. The molecule has 1 aliphatic carbocycles. The largest absolute Gasteiger partial charge is 0.496 e. The fourth-order valence-electron chi connectivity index (χ4n) is 6.17. The Morgan fingerprint density at radius 1 is 1.02 bits per heavy atom. The normalized spacial score (nSPS) is 18.0. The van der Waals surface area contributed by atoms with Crippen molar-refractivity contribution in [1.82, 2.24) is 24.5 Å². The Labute approximate surface area is 298 Å². The molecule has 0 radical (unpaired) electrons. The van der Waals surface area contributed by atoms with Gasteiger partial charge in [0.05, 0.1) is 38.2 Å². The van der Waals surface area contributed by atoms with E-state index in [1.807, 2.05) is 84.1 Å². The van der Waals surface area contributed by atoms with E-state index in [0.717, 1.165) is 35.2 Å². The molecule has 2 atom stereocenters. The van der Waals surface area contributed by atoms with Crippen LogP contribution in [0.5, 0.6) is 5.75 Å². The van der Waals surface area contributed by atoms with E-state index in [0.29, 0.717) is 48.5 Å². The summed E-state index contributed by atoms with van der Waals surface area (Å²) in [6, 6.07) is 13.3. The highest BCUT2D eigenvalue weighted by molar-refractivity contribution is 5.88. The van der Waals surface area contributed by atoms with Gasteiger partial charge in [0, 0.05) is 48.0 Å². The van der Waals surface area contributed by atoms with Crippen LogP contribution in [0.3, 0.4) is 0 Å². The molecule has 6 rings (SSSR count). The number of rotatable bonds is 9. The minimum absolute atomic E-state index is 0.125. The summed E-state index contributed by atoms with van der Waals surface area (Å²) >= 11 is 0. The number of anilines is 2. The number of aliphatic hydroxyl groups is 1. The number of ether oxygens (including phenoxy) is 3. The van der Waals surface area contributed by atoms with Crippen LogP contribution < -0.4 is 15.0 Å². The Morgan fingerprint density at radius 3 is 2.43 bits per heavy atom. The van der Waals surface area contributed by atoms with Crippen LogP contribution in [0.25, 0.3) is 16.9 Å². The number of carbonyl (C=O) groups is 2. The molecule has 51 heavy (non-hydrogen) atoms. The number of amides is 2. The van der Waals surface area contributed by atoms with Crippen molar-refractivity contribution in [2.75, 3.05) is 37.0 Å². The maximum Gasteiger partial charge on any atom is 0.416 e. The first-order valence-corrected chi connectivity index (χ1v) is 17.6. The second kappa shape index (κ2) is 14.4. The molecule has 0 spiro atoms. The molecular formula is C38H49N7O6. The number of nitrogens with one attached hydrogen (secondary N) is 1. The smallest absolute Gasteiger partial charge is 0.416 e. The summed E-state index contributed by atoms with van der Waals surface area (Å²) in [7, 11) is 1.60. The molecule has 3 aromatic heterocycles. The van der Waals surface area contributed by atoms with Gasteiger partial charge < -0.3 is 29.5 Å². The number of hydrogen-bond donors (Lipinski definition) is 2. The van der Waals surface area contributed by atoms with Crippen LogP contribution in [-0.4, -0.2) is 85.8 Å². The second-order valence-corrected chi connectivity index (χ2v) is 15.3. The molecule has 1 aliphatic heterocycles. The summed E-state index contributed by atoms with van der Waals surface area (Å²) in [6.07, 6.45) is 4.53. The number of hydrogen-bond acceptors (Lipinski definition) is 10. The average molecular weight is 700 g/mol. The van der Waals surface area contributed by atoms with Gasteiger partial charge in [0.2, 0.25) is 0 Å². The van der Waals surface area contributed by atoms with Crippen LogP contribution in [0.1, 0.15) is 77.8 Å². The molecule has 2 amide bonds. The summed E-state index contributed by atoms with van der Waals surface area (Å²) in [6.45, 7) is 12.2. The Bertz CT molecular complexity index is 1860. The highest BCUT2D eigenvalue weighted by atomic mass is 16.6. The molecule has 272 valence electrons. The highest BCUT2D eigenvalue weighted by Gasteiger charge is 2.34. The van der Waals surface area contributed by atoms with Gasteiger partial charge in [-0.05, 0) is 84.9 Å². The zero-order chi connectivity index (χ0) is 36.5. The molecule has 2 N–H and O–H groups in total. The first-order valence-electron chi connectivity index (χ1n) is 17.6. The minimum Gasteiger partial charge on any atom is -0.496 e. The number of β-amino-alcohol motifs (C(OH)–C–C–N with tert-alkyl or cyclic N) is 1. The van der Waals surface area contributed by atoms with E-state index in [1.165, 1.54) is 0 Å². The Balaban J connectivity index is 1.31. The number of aliphatic hydroxyl groups excluding tert-OH is 1. The van der Waals surface area contributed by atoms with Gasteiger partial charge in [-0.2, -0.15) is 9.61 Å². The van der Waals surface area contributed by atoms with Crippen molar-refractivity contribution in [2.24, 2.45) is 5.92 Å². The topological polar surface area (TPSA) is 144 Å². The van der Waals surface area contributed by atoms with Gasteiger partial charge in [-0.15, -0.1) is 0 Å². The number of pyridine rings is 1. The summed E-state index contributed by atoms with van der Waals surface area (Å²) in [4.78, 5) is 39.3. The Morgan fingerprint density at radius 2 is 1.78 bits per heavy atom. The zero-order valence-electron chi connectivity index (χ0n) is 30.5. The van der Waals surface area contributed by atoms with Crippen molar-refractivity contribution in [2.45, 2.75) is 90.6 Å². The molecule has 2 aliphatic rings. The number of nitrogens with zero attached hydrogens (tertiary/aromatic N) is 6. The number of aromatic nitrogens is 4. The van der Waals surface area contributed by atoms with Crippen molar-refractivity contribution in [1.29, 1.82) is 0 Å². The van der Waals surface area contributed by atoms with E-state index < -0.39 is 29.5 Å². The third-order valence-electron chi connectivity index (χ3n) is 8.88. The third kappa shape index (κ3) is 8.70. The van der Waals surface area contributed by atoms with Gasteiger partial charge in [-0.3, -0.25) is 9.88 Å². The zero-order valence-corrected chi connectivity index (χ0v) is 30.5. The molecular weight excluding hydrogens is 650 g/mol. The molecule has 1 aromatic carbocycles. The Kier molecular flexibility index (Phi) is 10.1. The van der Waals surface area contributed by atoms with E-state index in [1.54, 1.807) is 33.7 Å². The van der Waals surface area contributed by atoms with Crippen molar-refractivity contribution < 1.29 is 28.9 Å². The van der Waals surface area contributed by atoms with Crippen molar-refractivity contribution in [3.63, 3.8) is 0 Å². The van der Waals surface area contributed by atoms with Gasteiger partial charge in [0.15, 0.2) is 5.65 Å². The van der Waals surface area contributed by atoms with Crippen molar-refractivity contribution >= 4 is 29.5 Å². The minimum atomic E-state index is -0.761. The van der Waals surface area contributed by atoms with Crippen LogP contribution in [0.2, 0.25) is 0 Å². The Hall–Kier alpha value is -4.91. The number of benzene rings is 1. The van der Waals surface area contributed by atoms with E-state index in [4.69, 9.17) is 24.3 Å². The van der Waals surface area contributed by atoms with Crippen LogP contribution in [0.15, 0.2) is 54.9 Å². The highest BCUT2D eigenvalue weighted by Crippen LogP contribution is 2.42. The maximum atomic E-state index is 14.1. The molecule has 2 fully saturated rings. The third-order valence-corrected chi connectivity index (χ3v) is 8.88. The average Bonchev–Trinajstić information content (AvgIpc) is 3.83. The second-order valence-electron chi connectivity index (χ2n) is 15.3. The predicted molar refractivity (Wildman–Crippen MR) is 194 cm³/mol. The lowest BCUT2D eigenvalue weighted by Crippen LogP contribution is -2.49. The summed E-state index contributed by atoms with van der Waals surface area (Å²) in [5.74, 6) is 1.82. The lowest BCUT2D eigenvalue weighted by molar-refractivity contribution is -0.0104. The summed E-state index contributed by atoms with van der Waals surface area (Å²) in [5.41, 5.74) is 2.76. The summed E-state index contributed by atoms with van der Waals surface area (Å²) in [5, 5.41) is 19.2. The first-order chi connectivity index (χ1) is 24.2. The number of likely N-dealkylation sites (tertiary alicyclic amines) is 1. The van der Waals surface area contributed by atoms with E-state index in [-0.39, 0.29) is 19.0 Å².